The zero-order chi connectivity index (χ0) is 10.7. The van der Waals surface area contributed by atoms with Crippen molar-refractivity contribution in [1.29, 1.82) is 0 Å². The number of hydrogen-bond acceptors (Lipinski definition) is 2. The molecule has 0 saturated carbocycles. The van der Waals surface area contributed by atoms with Gasteiger partial charge in [0.15, 0.2) is 0 Å². The number of benzene rings is 1. The Bertz CT molecular complexity index is 320. The Hall–Kier alpha value is -1.02. The molecule has 1 atom stereocenters. The third-order valence-corrected chi connectivity index (χ3v) is 3.10. The highest BCUT2D eigenvalue weighted by Gasteiger charge is 2.20. The molecule has 0 bridgehead atoms. The van der Waals surface area contributed by atoms with Gasteiger partial charge >= 0.3 is 0 Å². The molecular formula is C13H19NO. The van der Waals surface area contributed by atoms with E-state index < -0.39 is 0 Å². The summed E-state index contributed by atoms with van der Waals surface area (Å²) in [5.74, 6) is 1.65. The van der Waals surface area contributed by atoms with Crippen molar-refractivity contribution >= 4 is 0 Å². The van der Waals surface area contributed by atoms with Crippen LogP contribution in [0.2, 0.25) is 0 Å². The summed E-state index contributed by atoms with van der Waals surface area (Å²) in [5, 5.41) is 3.22. The second-order valence-corrected chi connectivity index (χ2v) is 4.25. The fraction of sp³-hybridized carbons (Fsp3) is 0.538. The highest BCUT2D eigenvalue weighted by Crippen LogP contribution is 2.29. The first-order chi connectivity index (χ1) is 7.31. The van der Waals surface area contributed by atoms with Crippen LogP contribution in [0.15, 0.2) is 24.3 Å². The van der Waals surface area contributed by atoms with Gasteiger partial charge in [-0.05, 0) is 24.0 Å². The quantitative estimate of drug-likeness (QED) is 0.815. The largest absolute Gasteiger partial charge is 0.487 e. The molecule has 2 heteroatoms. The van der Waals surface area contributed by atoms with Crippen LogP contribution in [0.25, 0.3) is 0 Å². The lowest BCUT2D eigenvalue weighted by molar-refractivity contribution is 0.140. The Balaban J connectivity index is 2.13. The molecule has 15 heavy (non-hydrogen) atoms. The van der Waals surface area contributed by atoms with E-state index in [9.17, 15) is 0 Å². The van der Waals surface area contributed by atoms with Crippen LogP contribution < -0.4 is 10.1 Å². The maximum atomic E-state index is 5.94. The van der Waals surface area contributed by atoms with E-state index in [2.05, 4.69) is 37.4 Å². The minimum atomic E-state index is 0.371. The average molecular weight is 205 g/mol. The van der Waals surface area contributed by atoms with E-state index in [4.69, 9.17) is 4.74 Å². The van der Waals surface area contributed by atoms with E-state index in [-0.39, 0.29) is 0 Å². The molecule has 2 nitrogen and oxygen atoms in total. The van der Waals surface area contributed by atoms with Gasteiger partial charge in [0.1, 0.15) is 11.9 Å². The van der Waals surface area contributed by atoms with Crippen molar-refractivity contribution in [2.75, 3.05) is 13.1 Å². The van der Waals surface area contributed by atoms with E-state index in [1.165, 1.54) is 5.56 Å². The van der Waals surface area contributed by atoms with Gasteiger partial charge in [0.05, 0.1) is 0 Å². The van der Waals surface area contributed by atoms with Gasteiger partial charge < -0.3 is 10.1 Å². The van der Waals surface area contributed by atoms with Gasteiger partial charge in [-0.3, -0.25) is 0 Å². The highest BCUT2D eigenvalue weighted by molar-refractivity contribution is 5.36. The Morgan fingerprint density at radius 1 is 1.40 bits per heavy atom. The minimum absolute atomic E-state index is 0.371. The Labute approximate surface area is 91.6 Å². The van der Waals surface area contributed by atoms with Gasteiger partial charge in [0, 0.05) is 13.1 Å². The molecule has 1 saturated heterocycles. The third kappa shape index (κ3) is 2.32. The molecule has 1 aromatic carbocycles. The van der Waals surface area contributed by atoms with Crippen LogP contribution in [-0.2, 0) is 0 Å². The summed E-state index contributed by atoms with van der Waals surface area (Å²) in [5.41, 5.74) is 1.34. The van der Waals surface area contributed by atoms with Crippen molar-refractivity contribution < 1.29 is 4.74 Å². The summed E-state index contributed by atoms with van der Waals surface area (Å²) in [6.45, 7) is 6.43. The Morgan fingerprint density at radius 3 is 2.73 bits per heavy atom. The molecule has 1 aliphatic rings. The molecule has 0 radical (unpaired) electrons. The first kappa shape index (κ1) is 10.5. The molecule has 0 aliphatic carbocycles. The molecule has 1 fully saturated rings. The van der Waals surface area contributed by atoms with Crippen LogP contribution in [0.5, 0.6) is 5.75 Å². The van der Waals surface area contributed by atoms with Gasteiger partial charge in [0.25, 0.3) is 0 Å². The van der Waals surface area contributed by atoms with Crippen molar-refractivity contribution in [3.05, 3.63) is 29.8 Å². The van der Waals surface area contributed by atoms with E-state index in [0.29, 0.717) is 12.0 Å². The standard InChI is InChI=1S/C13H19NO/c1-3-10(2)12-6-4-5-7-13(12)15-11-8-14-9-11/h4-7,10-11,14H,3,8-9H2,1-2H3/t10-/m0/s1. The Kier molecular flexibility index (Phi) is 3.27. The third-order valence-electron chi connectivity index (χ3n) is 3.10. The number of rotatable bonds is 4. The normalized spacial score (nSPS) is 18.3. The predicted octanol–water partition coefficient (Wildman–Crippen LogP) is 2.55. The van der Waals surface area contributed by atoms with Crippen LogP contribution in [0.4, 0.5) is 0 Å². The number of nitrogens with one attached hydrogen (secondary N) is 1. The van der Waals surface area contributed by atoms with Gasteiger partial charge in [-0.25, -0.2) is 0 Å². The lowest BCUT2D eigenvalue weighted by Gasteiger charge is -2.29. The maximum absolute atomic E-state index is 5.94. The van der Waals surface area contributed by atoms with Crippen LogP contribution in [0, 0.1) is 0 Å². The van der Waals surface area contributed by atoms with Crippen molar-refractivity contribution in [3.8, 4) is 5.75 Å². The van der Waals surface area contributed by atoms with Crippen LogP contribution in [0.3, 0.4) is 0 Å². The smallest absolute Gasteiger partial charge is 0.123 e. The molecule has 82 valence electrons. The second-order valence-electron chi connectivity index (χ2n) is 4.25. The molecule has 0 aromatic heterocycles. The van der Waals surface area contributed by atoms with Gasteiger partial charge in [-0.1, -0.05) is 32.0 Å². The zero-order valence-corrected chi connectivity index (χ0v) is 9.49. The molecule has 1 aromatic rings. The lowest BCUT2D eigenvalue weighted by atomic mass is 9.98. The fourth-order valence-electron chi connectivity index (χ4n) is 1.74. The summed E-state index contributed by atoms with van der Waals surface area (Å²) in [4.78, 5) is 0. The number of ether oxygens (including phenoxy) is 1. The van der Waals surface area contributed by atoms with Gasteiger partial charge in [-0.15, -0.1) is 0 Å². The molecule has 0 spiro atoms. The van der Waals surface area contributed by atoms with E-state index >= 15 is 0 Å². The van der Waals surface area contributed by atoms with Crippen molar-refractivity contribution in [2.24, 2.45) is 0 Å². The number of para-hydroxylation sites is 1. The fourth-order valence-corrected chi connectivity index (χ4v) is 1.74. The average Bonchev–Trinajstić information content (AvgIpc) is 2.23. The molecule has 0 unspecified atom stereocenters. The van der Waals surface area contributed by atoms with Crippen LogP contribution in [0.1, 0.15) is 31.7 Å². The molecule has 0 amide bonds. The monoisotopic (exact) mass is 205 g/mol. The number of hydrogen-bond donors (Lipinski definition) is 1. The molecule has 1 heterocycles. The zero-order valence-electron chi connectivity index (χ0n) is 9.49. The summed E-state index contributed by atoms with van der Waals surface area (Å²) >= 11 is 0. The van der Waals surface area contributed by atoms with Crippen molar-refractivity contribution in [3.63, 3.8) is 0 Å². The molecular weight excluding hydrogens is 186 g/mol. The summed E-state index contributed by atoms with van der Waals surface area (Å²) in [6, 6.07) is 8.40. The maximum Gasteiger partial charge on any atom is 0.123 e. The first-order valence-electron chi connectivity index (χ1n) is 5.77. The van der Waals surface area contributed by atoms with Crippen LogP contribution >= 0.6 is 0 Å². The predicted molar refractivity (Wildman–Crippen MR) is 62.4 cm³/mol. The summed E-state index contributed by atoms with van der Waals surface area (Å²) in [6.07, 6.45) is 1.53. The summed E-state index contributed by atoms with van der Waals surface area (Å²) < 4.78 is 5.94. The highest BCUT2D eigenvalue weighted by atomic mass is 16.5. The molecule has 1 aliphatic heterocycles. The van der Waals surface area contributed by atoms with E-state index in [0.717, 1.165) is 25.3 Å². The van der Waals surface area contributed by atoms with Crippen molar-refractivity contribution in [2.45, 2.75) is 32.3 Å². The Morgan fingerprint density at radius 2 is 2.13 bits per heavy atom. The van der Waals surface area contributed by atoms with Gasteiger partial charge in [0.2, 0.25) is 0 Å². The second kappa shape index (κ2) is 4.67. The molecule has 2 rings (SSSR count). The van der Waals surface area contributed by atoms with Gasteiger partial charge in [-0.2, -0.15) is 0 Å². The molecule has 1 N–H and O–H groups in total. The lowest BCUT2D eigenvalue weighted by Crippen LogP contribution is -2.50. The van der Waals surface area contributed by atoms with E-state index in [1.54, 1.807) is 0 Å². The van der Waals surface area contributed by atoms with E-state index in [1.807, 2.05) is 6.07 Å². The first-order valence-corrected chi connectivity index (χ1v) is 5.77. The topological polar surface area (TPSA) is 21.3 Å². The van der Waals surface area contributed by atoms with Crippen LogP contribution in [-0.4, -0.2) is 19.2 Å². The summed E-state index contributed by atoms with van der Waals surface area (Å²) in [7, 11) is 0. The minimum Gasteiger partial charge on any atom is -0.487 e. The SMILES string of the molecule is CC[C@H](C)c1ccccc1OC1CNC1. The van der Waals surface area contributed by atoms with Crippen molar-refractivity contribution in [1.82, 2.24) is 5.32 Å².